The first kappa shape index (κ1) is 11.6. The van der Waals surface area contributed by atoms with Gasteiger partial charge in [0.15, 0.2) is 5.78 Å². The van der Waals surface area contributed by atoms with Gasteiger partial charge in [0, 0.05) is 33.1 Å². The van der Waals surface area contributed by atoms with E-state index in [0.717, 1.165) is 24.0 Å². The van der Waals surface area contributed by atoms with Crippen LogP contribution in [0.1, 0.15) is 35.5 Å². The first-order chi connectivity index (χ1) is 8.58. The number of aromatic nitrogens is 1. The standard InChI is InChI=1S/C15H15NOS/c1-15(2)6-3-12-11(14(15)17)9-13(18-12)10-4-7-16-8-5-10/h4-5,7-9H,3,6H2,1-2H3. The van der Waals surface area contributed by atoms with Crippen LogP contribution >= 0.6 is 11.3 Å². The molecule has 0 atom stereocenters. The molecule has 0 aromatic carbocycles. The number of Topliss-reactive ketones (excluding diaryl/α,β-unsaturated/α-hetero) is 1. The quantitative estimate of drug-likeness (QED) is 0.774. The fourth-order valence-electron chi connectivity index (χ4n) is 2.37. The van der Waals surface area contributed by atoms with Crippen molar-refractivity contribution in [2.75, 3.05) is 0 Å². The predicted octanol–water partition coefficient (Wildman–Crippen LogP) is 3.97. The van der Waals surface area contributed by atoms with Crippen molar-refractivity contribution < 1.29 is 4.79 Å². The Morgan fingerprint density at radius 1 is 1.28 bits per heavy atom. The molecule has 3 rings (SSSR count). The molecule has 2 aromatic heterocycles. The second-order valence-electron chi connectivity index (χ2n) is 5.40. The largest absolute Gasteiger partial charge is 0.294 e. The molecule has 2 heterocycles. The highest BCUT2D eigenvalue weighted by Gasteiger charge is 2.35. The molecule has 1 aliphatic carbocycles. The second-order valence-corrected chi connectivity index (χ2v) is 6.53. The minimum Gasteiger partial charge on any atom is -0.294 e. The van der Waals surface area contributed by atoms with Crippen molar-refractivity contribution in [3.05, 3.63) is 41.0 Å². The van der Waals surface area contributed by atoms with Crippen molar-refractivity contribution in [3.8, 4) is 10.4 Å². The lowest BCUT2D eigenvalue weighted by Gasteiger charge is -2.27. The SMILES string of the molecule is CC1(C)CCc2sc(-c3ccncc3)cc2C1=O. The van der Waals surface area contributed by atoms with E-state index in [1.165, 1.54) is 9.75 Å². The summed E-state index contributed by atoms with van der Waals surface area (Å²) in [6.45, 7) is 4.09. The monoisotopic (exact) mass is 257 g/mol. The van der Waals surface area contributed by atoms with E-state index in [1.807, 2.05) is 26.0 Å². The van der Waals surface area contributed by atoms with Crippen molar-refractivity contribution in [2.45, 2.75) is 26.7 Å². The molecule has 0 unspecified atom stereocenters. The molecular formula is C15H15NOS. The van der Waals surface area contributed by atoms with E-state index in [2.05, 4.69) is 11.1 Å². The van der Waals surface area contributed by atoms with Crippen LogP contribution in [-0.4, -0.2) is 10.8 Å². The average molecular weight is 257 g/mol. The van der Waals surface area contributed by atoms with Crippen LogP contribution < -0.4 is 0 Å². The summed E-state index contributed by atoms with van der Waals surface area (Å²) >= 11 is 1.74. The molecule has 0 N–H and O–H groups in total. The Balaban J connectivity index is 2.07. The van der Waals surface area contributed by atoms with Crippen molar-refractivity contribution in [1.82, 2.24) is 4.98 Å². The van der Waals surface area contributed by atoms with Gasteiger partial charge in [-0.2, -0.15) is 0 Å². The summed E-state index contributed by atoms with van der Waals surface area (Å²) in [6, 6.07) is 6.04. The number of ketones is 1. The molecule has 0 saturated carbocycles. The summed E-state index contributed by atoms with van der Waals surface area (Å²) in [7, 11) is 0. The maximum Gasteiger partial charge on any atom is 0.169 e. The van der Waals surface area contributed by atoms with Crippen LogP contribution in [0.25, 0.3) is 10.4 Å². The number of thiophene rings is 1. The first-order valence-electron chi connectivity index (χ1n) is 6.16. The van der Waals surface area contributed by atoms with E-state index >= 15 is 0 Å². The van der Waals surface area contributed by atoms with Gasteiger partial charge < -0.3 is 0 Å². The summed E-state index contributed by atoms with van der Waals surface area (Å²) in [6.07, 6.45) is 5.55. The summed E-state index contributed by atoms with van der Waals surface area (Å²) in [5.41, 5.74) is 1.88. The highest BCUT2D eigenvalue weighted by molar-refractivity contribution is 7.15. The van der Waals surface area contributed by atoms with Crippen LogP contribution in [-0.2, 0) is 6.42 Å². The number of rotatable bonds is 1. The van der Waals surface area contributed by atoms with Gasteiger partial charge in [-0.15, -0.1) is 11.3 Å². The highest BCUT2D eigenvalue weighted by atomic mass is 32.1. The van der Waals surface area contributed by atoms with Gasteiger partial charge in [-0.05, 0) is 36.6 Å². The number of nitrogens with zero attached hydrogens (tertiary/aromatic N) is 1. The van der Waals surface area contributed by atoms with Gasteiger partial charge in [-0.25, -0.2) is 0 Å². The maximum absolute atomic E-state index is 12.4. The lowest BCUT2D eigenvalue weighted by Crippen LogP contribution is -2.29. The zero-order valence-corrected chi connectivity index (χ0v) is 11.4. The van der Waals surface area contributed by atoms with E-state index in [4.69, 9.17) is 0 Å². The van der Waals surface area contributed by atoms with Gasteiger partial charge in [0.2, 0.25) is 0 Å². The Kier molecular flexibility index (Phi) is 2.59. The van der Waals surface area contributed by atoms with Crippen molar-refractivity contribution in [3.63, 3.8) is 0 Å². The molecule has 0 amide bonds. The van der Waals surface area contributed by atoms with Crippen LogP contribution in [0.15, 0.2) is 30.6 Å². The van der Waals surface area contributed by atoms with Gasteiger partial charge in [0.05, 0.1) is 0 Å². The summed E-state index contributed by atoms with van der Waals surface area (Å²) in [5, 5.41) is 0. The van der Waals surface area contributed by atoms with Gasteiger partial charge >= 0.3 is 0 Å². The fraction of sp³-hybridized carbons (Fsp3) is 0.333. The Morgan fingerprint density at radius 2 is 2.00 bits per heavy atom. The molecule has 0 saturated heterocycles. The molecule has 18 heavy (non-hydrogen) atoms. The van der Waals surface area contributed by atoms with Gasteiger partial charge in [0.25, 0.3) is 0 Å². The molecule has 0 aliphatic heterocycles. The molecule has 2 aromatic rings. The van der Waals surface area contributed by atoms with E-state index in [9.17, 15) is 4.79 Å². The third-order valence-electron chi connectivity index (χ3n) is 3.61. The van der Waals surface area contributed by atoms with Crippen molar-refractivity contribution in [1.29, 1.82) is 0 Å². The van der Waals surface area contributed by atoms with E-state index in [-0.39, 0.29) is 5.41 Å². The van der Waals surface area contributed by atoms with Crippen LogP contribution in [0.3, 0.4) is 0 Å². The molecule has 0 bridgehead atoms. The number of hydrogen-bond donors (Lipinski definition) is 0. The maximum atomic E-state index is 12.4. The molecule has 92 valence electrons. The number of fused-ring (bicyclic) bond motifs is 1. The lowest BCUT2D eigenvalue weighted by atomic mass is 9.76. The predicted molar refractivity (Wildman–Crippen MR) is 74.0 cm³/mol. The second kappa shape index (κ2) is 4.02. The molecular weight excluding hydrogens is 242 g/mol. The Hall–Kier alpha value is -1.48. The molecule has 0 radical (unpaired) electrons. The summed E-state index contributed by atoms with van der Waals surface area (Å²) in [4.78, 5) is 18.8. The van der Waals surface area contributed by atoms with Crippen LogP contribution in [0.2, 0.25) is 0 Å². The molecule has 0 fully saturated rings. The molecule has 0 spiro atoms. The number of carbonyl (C=O) groups excluding carboxylic acids is 1. The van der Waals surface area contributed by atoms with Crippen LogP contribution in [0, 0.1) is 5.41 Å². The fourth-order valence-corrected chi connectivity index (χ4v) is 3.53. The van der Waals surface area contributed by atoms with Gasteiger partial charge in [-0.1, -0.05) is 13.8 Å². The number of hydrogen-bond acceptors (Lipinski definition) is 3. The Bertz CT molecular complexity index is 598. The van der Waals surface area contributed by atoms with Crippen molar-refractivity contribution in [2.24, 2.45) is 5.41 Å². The van der Waals surface area contributed by atoms with Gasteiger partial charge in [-0.3, -0.25) is 9.78 Å². The van der Waals surface area contributed by atoms with E-state index in [1.54, 1.807) is 23.7 Å². The minimum atomic E-state index is -0.205. The van der Waals surface area contributed by atoms with Crippen LogP contribution in [0.4, 0.5) is 0 Å². The third kappa shape index (κ3) is 1.79. The zero-order chi connectivity index (χ0) is 12.8. The normalized spacial score (nSPS) is 17.6. The number of pyridine rings is 1. The van der Waals surface area contributed by atoms with Crippen molar-refractivity contribution >= 4 is 17.1 Å². The van der Waals surface area contributed by atoms with E-state index < -0.39 is 0 Å². The zero-order valence-electron chi connectivity index (χ0n) is 10.6. The topological polar surface area (TPSA) is 30.0 Å². The van der Waals surface area contributed by atoms with Crippen LogP contribution in [0.5, 0.6) is 0 Å². The Morgan fingerprint density at radius 3 is 2.72 bits per heavy atom. The minimum absolute atomic E-state index is 0.205. The van der Waals surface area contributed by atoms with Gasteiger partial charge in [0.1, 0.15) is 0 Å². The van der Waals surface area contributed by atoms with E-state index in [0.29, 0.717) is 5.78 Å². The Labute approximate surface area is 111 Å². The summed E-state index contributed by atoms with van der Waals surface area (Å²) in [5.74, 6) is 0.292. The lowest BCUT2D eigenvalue weighted by molar-refractivity contribution is 0.0813. The number of aryl methyl sites for hydroxylation is 1. The third-order valence-corrected chi connectivity index (χ3v) is 4.85. The first-order valence-corrected chi connectivity index (χ1v) is 6.97. The summed E-state index contributed by atoms with van der Waals surface area (Å²) < 4.78 is 0. The molecule has 3 heteroatoms. The smallest absolute Gasteiger partial charge is 0.169 e. The average Bonchev–Trinajstić information content (AvgIpc) is 2.80. The number of carbonyl (C=O) groups is 1. The molecule has 1 aliphatic rings. The molecule has 2 nitrogen and oxygen atoms in total. The highest BCUT2D eigenvalue weighted by Crippen LogP contribution is 2.41.